The minimum Gasteiger partial charge on any atom is -0.396 e. The number of carbonyl (C=O) groups excluding carboxylic acids is 1. The van der Waals surface area contributed by atoms with Gasteiger partial charge in [0.2, 0.25) is 0 Å². The molecule has 1 aromatic rings. The summed E-state index contributed by atoms with van der Waals surface area (Å²) in [5, 5.41) is 11.5. The molecule has 0 aliphatic heterocycles. The molecular weight excluding hydrogens is 220 g/mol. The summed E-state index contributed by atoms with van der Waals surface area (Å²) < 4.78 is 0. The van der Waals surface area contributed by atoms with Crippen LogP contribution in [0.1, 0.15) is 28.5 Å². The molecule has 0 spiro atoms. The molecule has 1 rings (SSSR count). The number of aromatic amines is 1. The van der Waals surface area contributed by atoms with E-state index in [9.17, 15) is 9.59 Å². The van der Waals surface area contributed by atoms with E-state index in [1.54, 1.807) is 19.9 Å². The number of aliphatic hydroxyl groups excluding tert-OH is 1. The van der Waals surface area contributed by atoms with Crippen molar-refractivity contribution in [1.29, 1.82) is 0 Å². The van der Waals surface area contributed by atoms with Crippen LogP contribution in [0.4, 0.5) is 0 Å². The van der Waals surface area contributed by atoms with Crippen molar-refractivity contribution in [2.75, 3.05) is 13.2 Å². The van der Waals surface area contributed by atoms with Gasteiger partial charge >= 0.3 is 0 Å². The van der Waals surface area contributed by atoms with Gasteiger partial charge < -0.3 is 15.4 Å². The van der Waals surface area contributed by atoms with Crippen LogP contribution in [0.3, 0.4) is 0 Å². The van der Waals surface area contributed by atoms with Gasteiger partial charge in [-0.25, -0.2) is 0 Å². The fourth-order valence-corrected chi connectivity index (χ4v) is 1.56. The maximum absolute atomic E-state index is 11.8. The number of aryl methyl sites for hydroxylation is 2. The molecule has 1 unspecified atom stereocenters. The van der Waals surface area contributed by atoms with Gasteiger partial charge in [0.1, 0.15) is 5.56 Å². The summed E-state index contributed by atoms with van der Waals surface area (Å²) >= 11 is 0. The van der Waals surface area contributed by atoms with Gasteiger partial charge in [0, 0.05) is 18.8 Å². The first-order valence-corrected chi connectivity index (χ1v) is 5.55. The van der Waals surface area contributed by atoms with E-state index in [0.717, 1.165) is 5.69 Å². The minimum absolute atomic E-state index is 0.00349. The van der Waals surface area contributed by atoms with Crippen LogP contribution < -0.4 is 10.9 Å². The van der Waals surface area contributed by atoms with Crippen molar-refractivity contribution < 1.29 is 9.90 Å². The Labute approximate surface area is 99.9 Å². The molecule has 1 aromatic heterocycles. The first-order valence-electron chi connectivity index (χ1n) is 5.55. The topological polar surface area (TPSA) is 82.2 Å². The molecular formula is C12H18N2O3. The molecule has 0 fully saturated rings. The summed E-state index contributed by atoms with van der Waals surface area (Å²) in [4.78, 5) is 26.1. The number of aliphatic hydroxyl groups is 1. The fraction of sp³-hybridized carbons (Fsp3) is 0.500. The standard InChI is InChI=1S/C12H18N2O3/c1-7(6-15)5-13-11(16)10-8(2)4-9(3)14-12(10)17/h4,7,15H,5-6H2,1-3H3,(H,13,16)(H,14,17). The van der Waals surface area contributed by atoms with E-state index in [1.807, 2.05) is 6.92 Å². The summed E-state index contributed by atoms with van der Waals surface area (Å²) in [7, 11) is 0. The first-order chi connectivity index (χ1) is 7.95. The smallest absolute Gasteiger partial charge is 0.261 e. The van der Waals surface area contributed by atoms with Crippen LogP contribution in [0.15, 0.2) is 10.9 Å². The number of carbonyl (C=O) groups is 1. The monoisotopic (exact) mass is 238 g/mol. The van der Waals surface area contributed by atoms with Gasteiger partial charge in [-0.05, 0) is 31.4 Å². The molecule has 5 heteroatoms. The van der Waals surface area contributed by atoms with Gasteiger partial charge in [-0.1, -0.05) is 6.92 Å². The predicted octanol–water partition coefficient (Wildman–Crippen LogP) is 0.350. The zero-order valence-electron chi connectivity index (χ0n) is 10.3. The van der Waals surface area contributed by atoms with Crippen LogP contribution in [0.2, 0.25) is 0 Å². The number of rotatable bonds is 4. The van der Waals surface area contributed by atoms with Crippen molar-refractivity contribution in [3.63, 3.8) is 0 Å². The lowest BCUT2D eigenvalue weighted by Crippen LogP contribution is -2.34. The maximum atomic E-state index is 11.8. The van der Waals surface area contributed by atoms with E-state index in [-0.39, 0.29) is 23.6 Å². The van der Waals surface area contributed by atoms with Crippen LogP contribution in [-0.4, -0.2) is 29.1 Å². The summed E-state index contributed by atoms with van der Waals surface area (Å²) in [5.74, 6) is -0.423. The Kier molecular flexibility index (Phi) is 4.45. The second-order valence-electron chi connectivity index (χ2n) is 4.34. The highest BCUT2D eigenvalue weighted by Crippen LogP contribution is 2.03. The number of nitrogens with one attached hydrogen (secondary N) is 2. The molecule has 1 amide bonds. The van der Waals surface area contributed by atoms with E-state index >= 15 is 0 Å². The van der Waals surface area contributed by atoms with Crippen molar-refractivity contribution in [3.8, 4) is 0 Å². The number of hydrogen-bond donors (Lipinski definition) is 3. The number of pyridine rings is 1. The molecule has 0 aliphatic rings. The highest BCUT2D eigenvalue weighted by Gasteiger charge is 2.14. The summed E-state index contributed by atoms with van der Waals surface area (Å²) in [6.07, 6.45) is 0. The quantitative estimate of drug-likeness (QED) is 0.708. The Morgan fingerprint density at radius 3 is 2.71 bits per heavy atom. The Bertz CT molecular complexity index is 465. The number of hydrogen-bond acceptors (Lipinski definition) is 3. The highest BCUT2D eigenvalue weighted by molar-refractivity contribution is 5.95. The van der Waals surface area contributed by atoms with Crippen molar-refractivity contribution >= 4 is 5.91 Å². The van der Waals surface area contributed by atoms with Gasteiger partial charge in [-0.15, -0.1) is 0 Å². The molecule has 0 aromatic carbocycles. The molecule has 1 heterocycles. The van der Waals surface area contributed by atoms with Crippen molar-refractivity contribution in [1.82, 2.24) is 10.3 Å². The van der Waals surface area contributed by atoms with Gasteiger partial charge in [0.05, 0.1) is 0 Å². The molecule has 0 saturated carbocycles. The lowest BCUT2D eigenvalue weighted by Gasteiger charge is -2.10. The third-order valence-electron chi connectivity index (χ3n) is 2.51. The third-order valence-corrected chi connectivity index (χ3v) is 2.51. The number of amides is 1. The number of H-pyrrole nitrogens is 1. The van der Waals surface area contributed by atoms with Crippen LogP contribution >= 0.6 is 0 Å². The van der Waals surface area contributed by atoms with Crippen molar-refractivity contribution in [2.45, 2.75) is 20.8 Å². The molecule has 0 saturated heterocycles. The Morgan fingerprint density at radius 1 is 1.53 bits per heavy atom. The van der Waals surface area contributed by atoms with Gasteiger partial charge in [0.25, 0.3) is 11.5 Å². The molecule has 94 valence electrons. The van der Waals surface area contributed by atoms with Crippen LogP contribution in [0.25, 0.3) is 0 Å². The Morgan fingerprint density at radius 2 is 2.18 bits per heavy atom. The Balaban J connectivity index is 2.86. The number of aromatic nitrogens is 1. The Hall–Kier alpha value is -1.62. The average Bonchev–Trinajstić information content (AvgIpc) is 2.24. The summed E-state index contributed by atoms with van der Waals surface area (Å²) in [6.45, 7) is 5.66. The van der Waals surface area contributed by atoms with Crippen molar-refractivity contribution in [3.05, 3.63) is 33.2 Å². The molecule has 0 aliphatic carbocycles. The van der Waals surface area contributed by atoms with Crippen LogP contribution in [0.5, 0.6) is 0 Å². The molecule has 3 N–H and O–H groups in total. The molecule has 0 bridgehead atoms. The SMILES string of the molecule is Cc1cc(C)c(C(=O)NCC(C)CO)c(=O)[nH]1. The highest BCUT2D eigenvalue weighted by atomic mass is 16.3. The maximum Gasteiger partial charge on any atom is 0.261 e. The fourth-order valence-electron chi connectivity index (χ4n) is 1.56. The molecule has 5 nitrogen and oxygen atoms in total. The van der Waals surface area contributed by atoms with Crippen LogP contribution in [0, 0.1) is 19.8 Å². The van der Waals surface area contributed by atoms with Gasteiger partial charge in [-0.3, -0.25) is 9.59 Å². The molecule has 17 heavy (non-hydrogen) atoms. The van der Waals surface area contributed by atoms with Crippen LogP contribution in [-0.2, 0) is 0 Å². The minimum atomic E-state index is -0.399. The lowest BCUT2D eigenvalue weighted by molar-refractivity contribution is 0.0940. The molecule has 1 atom stereocenters. The van der Waals surface area contributed by atoms with E-state index in [4.69, 9.17) is 5.11 Å². The largest absolute Gasteiger partial charge is 0.396 e. The first kappa shape index (κ1) is 13.4. The third kappa shape index (κ3) is 3.42. The lowest BCUT2D eigenvalue weighted by atomic mass is 10.1. The average molecular weight is 238 g/mol. The van der Waals surface area contributed by atoms with Gasteiger partial charge in [-0.2, -0.15) is 0 Å². The zero-order chi connectivity index (χ0) is 13.0. The molecule has 0 radical (unpaired) electrons. The van der Waals surface area contributed by atoms with Crippen molar-refractivity contribution in [2.24, 2.45) is 5.92 Å². The second kappa shape index (κ2) is 5.63. The van der Waals surface area contributed by atoms with E-state index in [2.05, 4.69) is 10.3 Å². The second-order valence-corrected chi connectivity index (χ2v) is 4.34. The van der Waals surface area contributed by atoms with E-state index in [0.29, 0.717) is 12.1 Å². The zero-order valence-corrected chi connectivity index (χ0v) is 10.3. The predicted molar refractivity (Wildman–Crippen MR) is 65.1 cm³/mol. The van der Waals surface area contributed by atoms with E-state index < -0.39 is 5.91 Å². The summed E-state index contributed by atoms with van der Waals surface area (Å²) in [5.41, 5.74) is 1.14. The van der Waals surface area contributed by atoms with E-state index in [1.165, 1.54) is 0 Å². The summed E-state index contributed by atoms with van der Waals surface area (Å²) in [6, 6.07) is 1.76. The normalized spacial score (nSPS) is 12.2. The van der Waals surface area contributed by atoms with Gasteiger partial charge in [0.15, 0.2) is 0 Å².